The number of benzene rings is 1. The molecule has 5 heteroatoms. The van der Waals surface area contributed by atoms with Crippen LogP contribution in [-0.4, -0.2) is 35.6 Å². The fourth-order valence-corrected chi connectivity index (χ4v) is 11.8. The van der Waals surface area contributed by atoms with Crippen LogP contribution in [0.25, 0.3) is 0 Å². The maximum Gasteiger partial charge on any atom is 0.181 e. The van der Waals surface area contributed by atoms with Gasteiger partial charge in [0.25, 0.3) is 0 Å². The van der Waals surface area contributed by atoms with E-state index in [2.05, 4.69) is 26.8 Å². The summed E-state index contributed by atoms with van der Waals surface area (Å²) in [7, 11) is -3.55. The van der Waals surface area contributed by atoms with E-state index in [-0.39, 0.29) is 11.3 Å². The second kappa shape index (κ2) is 10.7. The average molecular weight is 543 g/mol. The lowest BCUT2D eigenvalue weighted by Crippen LogP contribution is -2.49. The van der Waals surface area contributed by atoms with Gasteiger partial charge in [0.1, 0.15) is 0 Å². The molecule has 38 heavy (non-hydrogen) atoms. The summed E-state index contributed by atoms with van der Waals surface area (Å²) in [5.41, 5.74) is 1.16. The minimum absolute atomic E-state index is 0.00288. The van der Waals surface area contributed by atoms with Crippen molar-refractivity contribution in [1.29, 1.82) is 0 Å². The van der Waals surface area contributed by atoms with Crippen molar-refractivity contribution in [2.45, 2.75) is 120 Å². The molecule has 4 aliphatic carbocycles. The molecular formula is C33H50O4S. The van der Waals surface area contributed by atoms with Gasteiger partial charge in [-0.2, -0.15) is 0 Å². The van der Waals surface area contributed by atoms with Crippen molar-refractivity contribution in [2.75, 3.05) is 0 Å². The van der Waals surface area contributed by atoms with Crippen molar-refractivity contribution in [1.82, 2.24) is 0 Å². The number of allylic oxidation sites excluding steroid dienone is 1. The molecule has 0 amide bonds. The Balaban J connectivity index is 1.40. The second-order valence-electron chi connectivity index (χ2n) is 13.6. The molecule has 3 saturated carbocycles. The highest BCUT2D eigenvalue weighted by molar-refractivity contribution is 7.92. The van der Waals surface area contributed by atoms with E-state index in [1.54, 1.807) is 24.3 Å². The third kappa shape index (κ3) is 4.83. The van der Waals surface area contributed by atoms with Gasteiger partial charge in [0, 0.05) is 0 Å². The highest BCUT2D eigenvalue weighted by Gasteiger charge is 2.58. The summed E-state index contributed by atoms with van der Waals surface area (Å²) in [5.74, 6) is 3.01. The highest BCUT2D eigenvalue weighted by atomic mass is 32.2. The summed E-state index contributed by atoms with van der Waals surface area (Å²) >= 11 is 0. The zero-order valence-corrected chi connectivity index (χ0v) is 24.8. The lowest BCUT2D eigenvalue weighted by Gasteiger charge is -2.55. The summed E-state index contributed by atoms with van der Waals surface area (Å²) in [5, 5.41) is 21.1. The molecule has 3 fully saturated rings. The first kappa shape index (κ1) is 28.4. The van der Waals surface area contributed by atoms with Gasteiger partial charge in [-0.15, -0.1) is 0 Å². The lowest BCUT2D eigenvalue weighted by molar-refractivity contribution is -0.0462. The van der Waals surface area contributed by atoms with E-state index in [1.165, 1.54) is 24.8 Å². The van der Waals surface area contributed by atoms with Gasteiger partial charge in [-0.05, 0) is 124 Å². The maximum atomic E-state index is 14.0. The van der Waals surface area contributed by atoms with Crippen LogP contribution in [0.15, 0.2) is 46.9 Å². The third-order valence-electron chi connectivity index (χ3n) is 12.0. The van der Waals surface area contributed by atoms with Crippen molar-refractivity contribution in [3.63, 3.8) is 0 Å². The minimum Gasteiger partial charge on any atom is -0.393 e. The van der Waals surface area contributed by atoms with Crippen LogP contribution in [0.2, 0.25) is 0 Å². The van der Waals surface area contributed by atoms with Crippen molar-refractivity contribution in [3.8, 4) is 0 Å². The van der Waals surface area contributed by atoms with E-state index < -0.39 is 26.8 Å². The predicted octanol–water partition coefficient (Wildman–Crippen LogP) is 6.96. The molecule has 0 bridgehead atoms. The predicted molar refractivity (Wildman–Crippen MR) is 153 cm³/mol. The van der Waals surface area contributed by atoms with Crippen LogP contribution in [0.3, 0.4) is 0 Å². The summed E-state index contributed by atoms with van der Waals surface area (Å²) in [6.07, 6.45) is 12.3. The molecule has 0 radical (unpaired) electrons. The molecule has 2 unspecified atom stereocenters. The number of aliphatic hydroxyl groups excluding tert-OH is 1. The monoisotopic (exact) mass is 542 g/mol. The number of hydrogen-bond donors (Lipinski definition) is 2. The quantitative estimate of drug-likeness (QED) is 0.348. The Hall–Kier alpha value is -1.17. The Bertz CT molecular complexity index is 1110. The number of fused-ring (bicyclic) bond motifs is 5. The molecule has 5 rings (SSSR count). The van der Waals surface area contributed by atoms with Crippen molar-refractivity contribution in [3.05, 3.63) is 42.0 Å². The smallest absolute Gasteiger partial charge is 0.181 e. The Morgan fingerprint density at radius 2 is 1.76 bits per heavy atom. The average Bonchev–Trinajstić information content (AvgIpc) is 3.28. The fourth-order valence-electron chi connectivity index (χ4n) is 9.67. The SMILES string of the molecule is CCC(O)CC([C@@H](C)[C@H]1CC[C@H]2[C@@H]3CC=C4C[C@](O)(CC)CC[C@@H]4[C@H]3CC[C@]12C)S(=O)(=O)c1ccccc1. The Labute approximate surface area is 231 Å². The van der Waals surface area contributed by atoms with E-state index >= 15 is 0 Å². The molecule has 2 N–H and O–H groups in total. The molecule has 0 aliphatic heterocycles. The second-order valence-corrected chi connectivity index (χ2v) is 15.8. The third-order valence-corrected chi connectivity index (χ3v) is 14.3. The standard InChI is InChI=1S/C33H50O4S/c1-5-24(34)20-31(38(36,37)25-10-8-7-9-11-25)22(3)29-14-15-30-28-13-12-23-21-33(35,6-2)19-17-26(23)27(28)16-18-32(29,30)4/h7-12,22,24,26-31,34-35H,5-6,13-21H2,1-4H3/t22-,24?,26-,27+,28+,29+,30-,31?,32+,33-/m0/s1. The minimum atomic E-state index is -3.55. The zero-order valence-electron chi connectivity index (χ0n) is 24.0. The molecule has 4 nitrogen and oxygen atoms in total. The van der Waals surface area contributed by atoms with Gasteiger partial charge in [0.05, 0.1) is 21.9 Å². The van der Waals surface area contributed by atoms with Gasteiger partial charge in [0.2, 0.25) is 0 Å². The first-order valence-electron chi connectivity index (χ1n) is 15.4. The van der Waals surface area contributed by atoms with E-state index in [1.807, 2.05) is 13.0 Å². The van der Waals surface area contributed by atoms with E-state index in [4.69, 9.17) is 0 Å². The van der Waals surface area contributed by atoms with Gasteiger partial charge in [-0.3, -0.25) is 0 Å². The molecular weight excluding hydrogens is 492 g/mol. The molecule has 1 aromatic carbocycles. The Morgan fingerprint density at radius 1 is 1.03 bits per heavy atom. The Morgan fingerprint density at radius 3 is 2.45 bits per heavy atom. The van der Waals surface area contributed by atoms with Gasteiger partial charge in [0.15, 0.2) is 9.84 Å². The number of sulfone groups is 1. The van der Waals surface area contributed by atoms with Gasteiger partial charge >= 0.3 is 0 Å². The van der Waals surface area contributed by atoms with E-state index in [0.717, 1.165) is 38.5 Å². The molecule has 0 saturated heterocycles. The normalized spacial score (nSPS) is 39.3. The van der Waals surface area contributed by atoms with Crippen LogP contribution in [0.4, 0.5) is 0 Å². The summed E-state index contributed by atoms with van der Waals surface area (Å²) in [6, 6.07) is 8.90. The number of aliphatic hydroxyl groups is 2. The summed E-state index contributed by atoms with van der Waals surface area (Å²) in [4.78, 5) is 0.387. The van der Waals surface area contributed by atoms with Gasteiger partial charge < -0.3 is 10.2 Å². The van der Waals surface area contributed by atoms with Crippen molar-refractivity contribution < 1.29 is 18.6 Å². The van der Waals surface area contributed by atoms with E-state index in [0.29, 0.717) is 47.3 Å². The topological polar surface area (TPSA) is 74.6 Å². The van der Waals surface area contributed by atoms with Crippen molar-refractivity contribution >= 4 is 9.84 Å². The number of hydrogen-bond acceptors (Lipinski definition) is 4. The van der Waals surface area contributed by atoms with Crippen LogP contribution in [0, 0.1) is 40.9 Å². The zero-order chi connectivity index (χ0) is 27.3. The van der Waals surface area contributed by atoms with Gasteiger partial charge in [-0.25, -0.2) is 8.42 Å². The van der Waals surface area contributed by atoms with Crippen LogP contribution >= 0.6 is 0 Å². The van der Waals surface area contributed by atoms with Gasteiger partial charge in [-0.1, -0.05) is 57.5 Å². The first-order chi connectivity index (χ1) is 18.0. The van der Waals surface area contributed by atoms with Crippen LogP contribution in [-0.2, 0) is 9.84 Å². The van der Waals surface area contributed by atoms with E-state index in [9.17, 15) is 18.6 Å². The fraction of sp³-hybridized carbons (Fsp3) is 0.758. The summed E-state index contributed by atoms with van der Waals surface area (Å²) in [6.45, 7) is 8.69. The van der Waals surface area contributed by atoms with Crippen LogP contribution in [0.1, 0.15) is 98.3 Å². The molecule has 4 aliphatic rings. The molecule has 0 heterocycles. The van der Waals surface area contributed by atoms with Crippen molar-refractivity contribution in [2.24, 2.45) is 40.9 Å². The molecule has 1 aromatic rings. The van der Waals surface area contributed by atoms with Crippen LogP contribution in [0.5, 0.6) is 0 Å². The molecule has 10 atom stereocenters. The van der Waals surface area contributed by atoms with Crippen LogP contribution < -0.4 is 0 Å². The largest absolute Gasteiger partial charge is 0.393 e. The molecule has 0 aromatic heterocycles. The Kier molecular flexibility index (Phi) is 7.96. The molecule has 212 valence electrons. The maximum absolute atomic E-state index is 14.0. The first-order valence-corrected chi connectivity index (χ1v) is 17.0. The molecule has 0 spiro atoms. The lowest BCUT2D eigenvalue weighted by atomic mass is 9.50. The summed E-state index contributed by atoms with van der Waals surface area (Å²) < 4.78 is 27.9. The number of rotatable bonds is 8. The highest BCUT2D eigenvalue weighted by Crippen LogP contribution is 2.65.